The first-order valence-electron chi connectivity index (χ1n) is 23.6. The summed E-state index contributed by atoms with van der Waals surface area (Å²) in [4.78, 5) is 69.2. The Kier molecular flexibility index (Phi) is 23.0. The van der Waals surface area contributed by atoms with E-state index in [2.05, 4.69) is 27.7 Å². The largest absolute Gasteiger partial charge is 1.00 e. The number of nitrogens with zero attached hydrogens (tertiary/aromatic N) is 6. The Bertz CT molecular complexity index is 2880. The second-order valence-electron chi connectivity index (χ2n) is 18.2. The topological polar surface area (TPSA) is 185 Å². The third kappa shape index (κ3) is 16.0. The van der Waals surface area contributed by atoms with E-state index >= 15 is 0 Å². The van der Waals surface area contributed by atoms with Crippen LogP contribution in [0, 0.1) is 11.8 Å². The Morgan fingerprint density at radius 1 is 0.613 bits per heavy atom. The molecule has 2 aliphatic heterocycles. The van der Waals surface area contributed by atoms with Crippen LogP contribution in [-0.2, 0) is 49.9 Å². The number of anilines is 2. The number of esters is 1. The molecule has 4 heterocycles. The number of carbonyl (C=O) groups is 4. The van der Waals surface area contributed by atoms with E-state index in [-0.39, 0.29) is 57.2 Å². The van der Waals surface area contributed by atoms with Crippen LogP contribution in [0.25, 0.3) is 22.5 Å². The standard InChI is InChI=1S/C27H29Cl2N3O4S.C26H27Cl2N3O4S.Li.H2O/c1-17(2)13-23-24(19-9-10-20(28)21(29)14-19)30-26(37-23)31-11-12-32(22(15-31)25(33)35-3)27(34)36-16-18-7-5-4-6-8-18;1-16(2)12-22-23(18-8-9-19(27)20(28)13-18)29-25(36-22)30-10-11-31(21(14-30)24(32)33)26(34)35-15-17-6-4-3-5-7-17;;/h4-10,14,17,22H,11-13,15-16H2,1-3H3;3-9,13,16,21H,10-12,14-15H2,1-2H3,(H,32,33);;1H2/q;;+1;/p-1. The number of hydrogen-bond donors (Lipinski definition) is 1. The third-order valence-electron chi connectivity index (χ3n) is 11.9. The van der Waals surface area contributed by atoms with E-state index in [0.717, 1.165) is 66.5 Å². The van der Waals surface area contributed by atoms with E-state index in [4.69, 9.17) is 70.6 Å². The molecule has 2 saturated heterocycles. The number of thiazole rings is 2. The summed E-state index contributed by atoms with van der Waals surface area (Å²) in [6, 6.07) is 27.8. The molecule has 2 aromatic heterocycles. The Balaban J connectivity index is 0.000000270. The Labute approximate surface area is 477 Å². The van der Waals surface area contributed by atoms with E-state index in [1.165, 1.54) is 16.9 Å². The number of carboxylic acids is 1. The van der Waals surface area contributed by atoms with E-state index in [0.29, 0.717) is 51.6 Å². The molecule has 22 heteroatoms. The minimum atomic E-state index is -1.08. The van der Waals surface area contributed by atoms with Gasteiger partial charge in [0.05, 0.1) is 51.7 Å². The molecule has 6 aromatic rings. The number of methoxy groups -OCH3 is 1. The summed E-state index contributed by atoms with van der Waals surface area (Å²) in [5, 5.41) is 13.3. The van der Waals surface area contributed by atoms with Gasteiger partial charge in [0.2, 0.25) is 0 Å². The number of aliphatic carboxylic acids is 1. The number of ether oxygens (including phenoxy) is 3. The van der Waals surface area contributed by atoms with Gasteiger partial charge in [0.1, 0.15) is 19.3 Å². The van der Waals surface area contributed by atoms with E-state index in [1.807, 2.05) is 88.7 Å². The minimum absolute atomic E-state index is 0. The second kappa shape index (κ2) is 28.4. The van der Waals surface area contributed by atoms with Crippen LogP contribution in [0.3, 0.4) is 0 Å². The predicted octanol–water partition coefficient (Wildman–Crippen LogP) is 9.37. The third-order valence-corrected chi connectivity index (χ3v) is 15.6. The molecule has 0 bridgehead atoms. The first-order chi connectivity index (χ1) is 35.0. The van der Waals surface area contributed by atoms with Gasteiger partial charge >= 0.3 is 43.0 Å². The van der Waals surface area contributed by atoms with Gasteiger partial charge in [0, 0.05) is 47.1 Å². The van der Waals surface area contributed by atoms with Crippen molar-refractivity contribution < 1.29 is 62.8 Å². The number of amides is 2. The van der Waals surface area contributed by atoms with Crippen LogP contribution in [0.5, 0.6) is 0 Å². The fourth-order valence-electron chi connectivity index (χ4n) is 8.21. The molecule has 2 N–H and O–H groups in total. The number of rotatable bonds is 14. The van der Waals surface area contributed by atoms with Gasteiger partial charge in [0.25, 0.3) is 0 Å². The number of hydrogen-bond acceptors (Lipinski definition) is 14. The number of carboxylic acid groups (broad SMARTS) is 1. The summed E-state index contributed by atoms with van der Waals surface area (Å²) in [7, 11) is 1.32. The first-order valence-corrected chi connectivity index (χ1v) is 26.8. The number of piperazine rings is 2. The van der Waals surface area contributed by atoms with Crippen LogP contribution in [0.4, 0.5) is 19.9 Å². The summed E-state index contributed by atoms with van der Waals surface area (Å²) < 4.78 is 15.9. The molecule has 15 nitrogen and oxygen atoms in total. The summed E-state index contributed by atoms with van der Waals surface area (Å²) in [5.41, 5.74) is 5.14. The SMILES string of the molecule is CC(C)Cc1sc(N2CCN(C(=O)OCc3ccccc3)C(C(=O)O)C2)nc1-c1ccc(Cl)c(Cl)c1.COC(=O)C1CN(c2nc(-c3ccc(Cl)c(Cl)c3)c(CC(C)C)s2)CCN1C(=O)OCc1ccccc1.[Li+].[OH-]. The van der Waals surface area contributed by atoms with E-state index in [1.54, 1.807) is 40.9 Å². The van der Waals surface area contributed by atoms with Crippen LogP contribution in [0.2, 0.25) is 20.1 Å². The van der Waals surface area contributed by atoms with Crippen molar-refractivity contribution in [3.8, 4) is 22.5 Å². The van der Waals surface area contributed by atoms with Gasteiger partial charge in [0.15, 0.2) is 16.3 Å². The average molecular weight is 1130 g/mol. The molecule has 4 aromatic carbocycles. The minimum Gasteiger partial charge on any atom is -0.870 e. The van der Waals surface area contributed by atoms with Crippen molar-refractivity contribution in [1.82, 2.24) is 19.8 Å². The summed E-state index contributed by atoms with van der Waals surface area (Å²) in [6.07, 6.45) is 0.484. The van der Waals surface area contributed by atoms with Gasteiger partial charge in [-0.3, -0.25) is 9.80 Å². The molecule has 2 fully saturated rings. The number of halogens is 4. The summed E-state index contributed by atoms with van der Waals surface area (Å²) >= 11 is 27.9. The number of aromatic nitrogens is 2. The van der Waals surface area contributed by atoms with Crippen LogP contribution in [-0.4, -0.2) is 113 Å². The normalized spacial score (nSPS) is 15.3. The van der Waals surface area contributed by atoms with Crippen molar-refractivity contribution in [2.75, 3.05) is 56.2 Å². The van der Waals surface area contributed by atoms with E-state index < -0.39 is 36.2 Å². The van der Waals surface area contributed by atoms with Crippen LogP contribution in [0.1, 0.15) is 48.6 Å². The van der Waals surface area contributed by atoms with Crippen LogP contribution >= 0.6 is 69.1 Å². The molecule has 0 radical (unpaired) electrons. The smallest absolute Gasteiger partial charge is 0.870 e. The molecule has 75 heavy (non-hydrogen) atoms. The monoisotopic (exact) mass is 1130 g/mol. The summed E-state index contributed by atoms with van der Waals surface area (Å²) in [5.74, 6) is -0.748. The molecule has 0 aliphatic carbocycles. The zero-order valence-electron chi connectivity index (χ0n) is 42.4. The van der Waals surface area contributed by atoms with Gasteiger partial charge in [-0.1, -0.05) is 147 Å². The fourth-order valence-corrected chi connectivity index (χ4v) is 11.5. The molecule has 0 spiro atoms. The molecule has 2 aliphatic rings. The maximum absolute atomic E-state index is 12.9. The maximum Gasteiger partial charge on any atom is 1.00 e. The summed E-state index contributed by atoms with van der Waals surface area (Å²) in [6.45, 7) is 10.6. The van der Waals surface area contributed by atoms with Gasteiger partial charge in [-0.15, -0.1) is 22.7 Å². The Morgan fingerprint density at radius 3 is 1.39 bits per heavy atom. The average Bonchev–Trinajstić information content (AvgIpc) is 4.00. The first kappa shape index (κ1) is 60.8. The van der Waals surface area contributed by atoms with Crippen LogP contribution < -0.4 is 28.7 Å². The van der Waals surface area contributed by atoms with Crippen LogP contribution in [0.15, 0.2) is 97.1 Å². The Hall–Kier alpha value is -5.06. The second-order valence-corrected chi connectivity index (χ2v) is 22.0. The maximum atomic E-state index is 12.9. The van der Waals surface area contributed by atoms with Crippen molar-refractivity contribution in [1.29, 1.82) is 0 Å². The number of benzene rings is 4. The van der Waals surface area contributed by atoms with Crippen molar-refractivity contribution in [2.24, 2.45) is 11.8 Å². The molecule has 2 atom stereocenters. The molecule has 8 rings (SSSR count). The Morgan fingerprint density at radius 2 is 1.01 bits per heavy atom. The molecule has 2 unspecified atom stereocenters. The molecule has 2 amide bonds. The van der Waals surface area contributed by atoms with Crippen molar-refractivity contribution in [3.63, 3.8) is 0 Å². The van der Waals surface area contributed by atoms with Crippen molar-refractivity contribution in [3.05, 3.63) is 138 Å². The van der Waals surface area contributed by atoms with Gasteiger partial charge in [-0.25, -0.2) is 29.1 Å². The zero-order valence-corrected chi connectivity index (χ0v) is 47.0. The number of carbonyl (C=O) groups excluding carboxylic acids is 3. The van der Waals surface area contributed by atoms with Gasteiger partial charge < -0.3 is 34.6 Å². The zero-order chi connectivity index (χ0) is 52.3. The quantitative estimate of drug-likeness (QED) is 0.0619. The van der Waals surface area contributed by atoms with Gasteiger partial charge in [-0.2, -0.15) is 0 Å². The van der Waals surface area contributed by atoms with Gasteiger partial charge in [-0.05, 0) is 60.1 Å². The van der Waals surface area contributed by atoms with Crippen molar-refractivity contribution >= 4 is 103 Å². The van der Waals surface area contributed by atoms with E-state index in [9.17, 15) is 24.3 Å². The molecule has 394 valence electrons. The molecular formula is C53H57Cl4LiN6O9S2. The molecule has 0 saturated carbocycles. The fraction of sp³-hybridized carbons (Fsp3) is 0.358. The van der Waals surface area contributed by atoms with Crippen molar-refractivity contribution in [2.45, 2.75) is 65.8 Å². The predicted molar refractivity (Wildman–Crippen MR) is 292 cm³/mol. The molecular weight excluding hydrogens is 1080 g/mol.